The molecule has 0 radical (unpaired) electrons. The molecule has 112 valence electrons. The number of benzene rings is 1. The van der Waals surface area contributed by atoms with E-state index < -0.39 is 0 Å². The molecule has 3 nitrogen and oxygen atoms in total. The monoisotopic (exact) mass is 302 g/mol. The second-order valence-corrected chi connectivity index (χ2v) is 6.76. The Kier molecular flexibility index (Phi) is 5.01. The molecule has 1 unspecified atom stereocenters. The largest absolute Gasteiger partial charge is 0.377 e. The predicted molar refractivity (Wildman–Crippen MR) is 87.8 cm³/mol. The first kappa shape index (κ1) is 14.7. The normalized spacial score (nSPS) is 18.2. The van der Waals surface area contributed by atoms with Crippen molar-refractivity contribution in [2.45, 2.75) is 32.3 Å². The highest BCUT2D eigenvalue weighted by molar-refractivity contribution is 7.12. The summed E-state index contributed by atoms with van der Waals surface area (Å²) < 4.78 is 5.61. The van der Waals surface area contributed by atoms with E-state index in [1.807, 2.05) is 17.4 Å². The van der Waals surface area contributed by atoms with Gasteiger partial charge < -0.3 is 10.1 Å². The lowest BCUT2D eigenvalue weighted by atomic mass is 10.1. The van der Waals surface area contributed by atoms with Gasteiger partial charge in [0.05, 0.1) is 16.8 Å². The van der Waals surface area contributed by atoms with Crippen LogP contribution in [0.5, 0.6) is 0 Å². The van der Waals surface area contributed by atoms with Crippen LogP contribution >= 0.6 is 11.3 Å². The smallest absolute Gasteiger partial charge is 0.0948 e. The molecule has 1 saturated heterocycles. The van der Waals surface area contributed by atoms with Gasteiger partial charge in [0.2, 0.25) is 0 Å². The topological polar surface area (TPSA) is 34.1 Å². The zero-order chi connectivity index (χ0) is 14.5. The zero-order valence-electron chi connectivity index (χ0n) is 12.5. The van der Waals surface area contributed by atoms with Gasteiger partial charge in [-0.2, -0.15) is 0 Å². The molecule has 2 aromatic rings. The van der Waals surface area contributed by atoms with E-state index in [1.54, 1.807) is 0 Å². The third-order valence-electron chi connectivity index (χ3n) is 3.80. The van der Waals surface area contributed by atoms with Crippen LogP contribution in [0.1, 0.15) is 22.7 Å². The van der Waals surface area contributed by atoms with Gasteiger partial charge in [0.15, 0.2) is 0 Å². The molecule has 1 N–H and O–H groups in total. The molecule has 1 atom stereocenters. The molecule has 3 rings (SSSR count). The molecular formula is C17H22N2OS. The fraction of sp³-hybridized carbons (Fsp3) is 0.471. The Morgan fingerprint density at radius 2 is 2.19 bits per heavy atom. The van der Waals surface area contributed by atoms with Gasteiger partial charge in [0.25, 0.3) is 0 Å². The van der Waals surface area contributed by atoms with Crippen molar-refractivity contribution in [1.82, 2.24) is 10.3 Å². The third kappa shape index (κ3) is 3.90. The zero-order valence-corrected chi connectivity index (χ0v) is 13.3. The highest BCUT2D eigenvalue weighted by atomic mass is 32.1. The summed E-state index contributed by atoms with van der Waals surface area (Å²) in [6, 6.07) is 10.4. The Labute approximate surface area is 130 Å². The molecule has 2 heterocycles. The number of aryl methyl sites for hydroxylation is 1. The highest BCUT2D eigenvalue weighted by Crippen LogP contribution is 2.27. The third-order valence-corrected chi connectivity index (χ3v) is 4.83. The summed E-state index contributed by atoms with van der Waals surface area (Å²) in [6.07, 6.45) is 3.81. The van der Waals surface area contributed by atoms with Crippen molar-refractivity contribution in [3.05, 3.63) is 40.2 Å². The van der Waals surface area contributed by atoms with Crippen molar-refractivity contribution in [3.8, 4) is 11.3 Å². The lowest BCUT2D eigenvalue weighted by molar-refractivity contribution is 0.110. The molecule has 1 aromatic carbocycles. The fourth-order valence-electron chi connectivity index (χ4n) is 2.69. The maximum absolute atomic E-state index is 5.61. The molecule has 0 spiro atoms. The second kappa shape index (κ2) is 7.16. The first-order chi connectivity index (χ1) is 10.3. The molecule has 1 fully saturated rings. The number of nitrogens with one attached hydrogen (secondary N) is 1. The molecule has 4 heteroatoms. The molecule has 1 aliphatic rings. The number of nitrogens with zero attached hydrogens (tertiary/aromatic N) is 1. The van der Waals surface area contributed by atoms with E-state index >= 15 is 0 Å². The molecule has 1 aromatic heterocycles. The summed E-state index contributed by atoms with van der Waals surface area (Å²) in [5, 5.41) is 4.70. The number of rotatable bonds is 6. The average Bonchev–Trinajstić information content (AvgIpc) is 3.14. The lowest BCUT2D eigenvalue weighted by Crippen LogP contribution is -2.27. The molecule has 1 aliphatic heterocycles. The quantitative estimate of drug-likeness (QED) is 0.830. The van der Waals surface area contributed by atoms with E-state index in [9.17, 15) is 0 Å². The van der Waals surface area contributed by atoms with Gasteiger partial charge in [-0.3, -0.25) is 0 Å². The van der Waals surface area contributed by atoms with Crippen LogP contribution in [0.3, 0.4) is 0 Å². The Bertz CT molecular complexity index is 561. The summed E-state index contributed by atoms with van der Waals surface area (Å²) in [5.74, 6) is 0. The van der Waals surface area contributed by atoms with Gasteiger partial charge in [0, 0.05) is 36.6 Å². The minimum absolute atomic E-state index is 0.419. The van der Waals surface area contributed by atoms with Gasteiger partial charge >= 0.3 is 0 Å². The van der Waals surface area contributed by atoms with E-state index in [0.717, 1.165) is 31.8 Å². The first-order valence-electron chi connectivity index (χ1n) is 7.67. The summed E-state index contributed by atoms with van der Waals surface area (Å²) >= 11 is 1.81. The van der Waals surface area contributed by atoms with Crippen LogP contribution < -0.4 is 5.32 Å². The van der Waals surface area contributed by atoms with Gasteiger partial charge in [-0.05, 0) is 19.8 Å². The van der Waals surface area contributed by atoms with Crippen molar-refractivity contribution >= 4 is 11.3 Å². The minimum Gasteiger partial charge on any atom is -0.377 e. The predicted octanol–water partition coefficient (Wildman–Crippen LogP) is 3.43. The first-order valence-corrected chi connectivity index (χ1v) is 8.48. The van der Waals surface area contributed by atoms with E-state index in [-0.39, 0.29) is 0 Å². The van der Waals surface area contributed by atoms with E-state index in [1.165, 1.54) is 28.3 Å². The van der Waals surface area contributed by atoms with Crippen molar-refractivity contribution in [3.63, 3.8) is 0 Å². The molecule has 0 bridgehead atoms. The van der Waals surface area contributed by atoms with Crippen molar-refractivity contribution in [1.29, 1.82) is 0 Å². The summed E-state index contributed by atoms with van der Waals surface area (Å²) in [5.41, 5.74) is 2.35. The number of hydrogen-bond acceptors (Lipinski definition) is 4. The summed E-state index contributed by atoms with van der Waals surface area (Å²) in [6.45, 7) is 5.03. The van der Waals surface area contributed by atoms with E-state index in [2.05, 4.69) is 36.5 Å². The number of ether oxygens (including phenoxy) is 1. The fourth-order valence-corrected chi connectivity index (χ4v) is 3.64. The van der Waals surface area contributed by atoms with E-state index in [0.29, 0.717) is 6.10 Å². The van der Waals surface area contributed by atoms with Crippen LogP contribution in [0.15, 0.2) is 30.3 Å². The minimum atomic E-state index is 0.419. The molecular weight excluding hydrogens is 280 g/mol. The molecule has 0 saturated carbocycles. The summed E-state index contributed by atoms with van der Waals surface area (Å²) in [7, 11) is 0. The Morgan fingerprint density at radius 1 is 1.33 bits per heavy atom. The van der Waals surface area contributed by atoms with Crippen LogP contribution in [0.25, 0.3) is 11.3 Å². The van der Waals surface area contributed by atoms with E-state index in [4.69, 9.17) is 9.72 Å². The Morgan fingerprint density at radius 3 is 2.95 bits per heavy atom. The van der Waals surface area contributed by atoms with Crippen molar-refractivity contribution in [2.24, 2.45) is 0 Å². The van der Waals surface area contributed by atoms with Gasteiger partial charge in [-0.15, -0.1) is 11.3 Å². The second-order valence-electron chi connectivity index (χ2n) is 5.47. The van der Waals surface area contributed by atoms with Crippen molar-refractivity contribution < 1.29 is 4.74 Å². The Hall–Kier alpha value is -1.23. The van der Waals surface area contributed by atoms with Crippen LogP contribution in [-0.4, -0.2) is 30.8 Å². The number of thiazole rings is 1. The lowest BCUT2D eigenvalue weighted by Gasteiger charge is -2.09. The maximum atomic E-state index is 5.61. The average molecular weight is 302 g/mol. The molecule has 0 amide bonds. The molecule has 21 heavy (non-hydrogen) atoms. The van der Waals surface area contributed by atoms with Gasteiger partial charge in [-0.25, -0.2) is 4.98 Å². The van der Waals surface area contributed by atoms with Gasteiger partial charge in [0.1, 0.15) is 0 Å². The number of aromatic nitrogens is 1. The SMILES string of the molecule is Cc1sc(CCNCC2CCCO2)nc1-c1ccccc1. The van der Waals surface area contributed by atoms with Crippen LogP contribution in [0, 0.1) is 6.92 Å². The Balaban J connectivity index is 1.52. The van der Waals surface area contributed by atoms with Crippen LogP contribution in [0.2, 0.25) is 0 Å². The van der Waals surface area contributed by atoms with Crippen LogP contribution in [0.4, 0.5) is 0 Å². The standard InChI is InChI=1S/C17H22N2OS/c1-13-17(14-6-3-2-4-7-14)19-16(21-13)9-10-18-12-15-8-5-11-20-15/h2-4,6-7,15,18H,5,8-12H2,1H3. The van der Waals surface area contributed by atoms with Gasteiger partial charge in [-0.1, -0.05) is 30.3 Å². The van der Waals surface area contributed by atoms with Crippen LogP contribution in [-0.2, 0) is 11.2 Å². The maximum Gasteiger partial charge on any atom is 0.0948 e. The highest BCUT2D eigenvalue weighted by Gasteiger charge is 2.14. The summed E-state index contributed by atoms with van der Waals surface area (Å²) in [4.78, 5) is 6.10. The van der Waals surface area contributed by atoms with Crippen molar-refractivity contribution in [2.75, 3.05) is 19.7 Å². The number of hydrogen-bond donors (Lipinski definition) is 1. The molecule has 0 aliphatic carbocycles.